The fourth-order valence-electron chi connectivity index (χ4n) is 0.597. The molecular formula is C8H17ClNO4P. The normalized spacial score (nSPS) is 12.9. The number of nitrogens with zero attached hydrogens (tertiary/aromatic N) is 1. The molecule has 0 radical (unpaired) electrons. The average molecular weight is 258 g/mol. The summed E-state index contributed by atoms with van der Waals surface area (Å²) in [5, 5.41) is 3.51. The van der Waals surface area contributed by atoms with Gasteiger partial charge in [0.2, 0.25) is 0 Å². The lowest BCUT2D eigenvalue weighted by Crippen LogP contribution is -2.00. The summed E-state index contributed by atoms with van der Waals surface area (Å²) in [4.78, 5) is 0. The van der Waals surface area contributed by atoms with Crippen molar-refractivity contribution in [3.05, 3.63) is 0 Å². The van der Waals surface area contributed by atoms with E-state index < -0.39 is 7.82 Å². The molecule has 0 saturated heterocycles. The lowest BCUT2D eigenvalue weighted by Gasteiger charge is -2.14. The number of hydrogen-bond donors (Lipinski definition) is 0. The van der Waals surface area contributed by atoms with Crippen molar-refractivity contribution in [1.82, 2.24) is 0 Å². The number of halogens is 1. The summed E-state index contributed by atoms with van der Waals surface area (Å²) in [6, 6.07) is 0. The molecule has 0 aliphatic carbocycles. The predicted molar refractivity (Wildman–Crippen MR) is 60.1 cm³/mol. The molecule has 0 heterocycles. The molecule has 0 spiro atoms. The van der Waals surface area contributed by atoms with Gasteiger partial charge in [0.15, 0.2) is 0 Å². The Balaban J connectivity index is 4.26. The van der Waals surface area contributed by atoms with Gasteiger partial charge in [0, 0.05) is 0 Å². The summed E-state index contributed by atoms with van der Waals surface area (Å²) >= 11 is 5.44. The third-order valence-corrected chi connectivity index (χ3v) is 2.52. The number of phosphoric acid groups is 1. The first kappa shape index (κ1) is 14.9. The minimum Gasteiger partial charge on any atom is -0.291 e. The number of rotatable bonds is 8. The third-order valence-electron chi connectivity index (χ3n) is 1.17. The molecule has 0 fully saturated rings. The zero-order valence-corrected chi connectivity index (χ0v) is 10.9. The summed E-state index contributed by atoms with van der Waals surface area (Å²) < 4.78 is 26.4. The van der Waals surface area contributed by atoms with Gasteiger partial charge in [-0.25, -0.2) is 4.57 Å². The molecule has 0 amide bonds. The van der Waals surface area contributed by atoms with Gasteiger partial charge in [-0.15, -0.1) is 0 Å². The van der Waals surface area contributed by atoms with Crippen molar-refractivity contribution >= 4 is 24.6 Å². The summed E-state index contributed by atoms with van der Waals surface area (Å²) in [5.74, 6) is 0. The molecule has 0 N–H and O–H groups in total. The van der Waals surface area contributed by atoms with Crippen LogP contribution in [0.25, 0.3) is 0 Å². The Hall–Kier alpha value is -0.0900. The Labute approximate surface area is 95.3 Å². The van der Waals surface area contributed by atoms with Crippen molar-refractivity contribution in [1.29, 1.82) is 0 Å². The maximum Gasteiger partial charge on any atom is 0.550 e. The van der Waals surface area contributed by atoms with Crippen molar-refractivity contribution < 1.29 is 18.2 Å². The molecule has 90 valence electrons. The van der Waals surface area contributed by atoms with Gasteiger partial charge in [0.1, 0.15) is 5.17 Å². The van der Waals surface area contributed by atoms with Crippen molar-refractivity contribution in [2.45, 2.75) is 33.6 Å². The molecule has 15 heavy (non-hydrogen) atoms. The van der Waals surface area contributed by atoms with E-state index in [1.807, 2.05) is 13.8 Å². The molecule has 0 aromatic rings. The SMILES string of the molecule is CCCOP(=O)(OCCC)ON=C(C)Cl. The molecule has 0 atom stereocenters. The highest BCUT2D eigenvalue weighted by Crippen LogP contribution is 2.49. The lowest BCUT2D eigenvalue weighted by molar-refractivity contribution is 0.116. The van der Waals surface area contributed by atoms with Gasteiger partial charge >= 0.3 is 7.82 Å². The first-order valence-electron chi connectivity index (χ1n) is 4.82. The molecule has 0 bridgehead atoms. The van der Waals surface area contributed by atoms with Gasteiger partial charge in [-0.3, -0.25) is 13.7 Å². The second kappa shape index (κ2) is 8.11. The van der Waals surface area contributed by atoms with Crippen molar-refractivity contribution in [2.24, 2.45) is 5.16 Å². The molecule has 5 nitrogen and oxygen atoms in total. The van der Waals surface area contributed by atoms with E-state index in [2.05, 4.69) is 9.78 Å². The van der Waals surface area contributed by atoms with E-state index in [1.165, 1.54) is 6.92 Å². The minimum atomic E-state index is -3.58. The number of oxime groups is 1. The minimum absolute atomic E-state index is 0.135. The van der Waals surface area contributed by atoms with Crippen LogP contribution in [0.1, 0.15) is 33.6 Å². The Bertz CT molecular complexity index is 231. The summed E-state index contributed by atoms with van der Waals surface area (Å²) in [6.45, 7) is 5.86. The van der Waals surface area contributed by atoms with Crippen LogP contribution in [-0.2, 0) is 18.2 Å². The zero-order chi connectivity index (χ0) is 11.7. The second-order valence-corrected chi connectivity index (χ2v) is 4.90. The van der Waals surface area contributed by atoms with Crippen molar-refractivity contribution in [3.8, 4) is 0 Å². The maximum absolute atomic E-state index is 11.8. The highest BCUT2D eigenvalue weighted by molar-refractivity contribution is 7.48. The molecular weight excluding hydrogens is 241 g/mol. The van der Waals surface area contributed by atoms with Crippen LogP contribution in [0, 0.1) is 0 Å². The maximum atomic E-state index is 11.8. The van der Waals surface area contributed by atoms with Crippen LogP contribution in [0.5, 0.6) is 0 Å². The molecule has 0 aliphatic rings. The van der Waals surface area contributed by atoms with E-state index in [0.29, 0.717) is 12.8 Å². The Kier molecular flexibility index (Phi) is 8.06. The first-order valence-corrected chi connectivity index (χ1v) is 6.66. The topological polar surface area (TPSA) is 57.1 Å². The van der Waals surface area contributed by atoms with E-state index in [-0.39, 0.29) is 18.4 Å². The van der Waals surface area contributed by atoms with Crippen molar-refractivity contribution in [2.75, 3.05) is 13.2 Å². The summed E-state index contributed by atoms with van der Waals surface area (Å²) in [7, 11) is -3.58. The van der Waals surface area contributed by atoms with Crippen LogP contribution >= 0.6 is 19.4 Å². The van der Waals surface area contributed by atoms with E-state index in [4.69, 9.17) is 20.6 Å². The Morgan fingerprint density at radius 2 is 1.73 bits per heavy atom. The third kappa shape index (κ3) is 7.79. The van der Waals surface area contributed by atoms with E-state index >= 15 is 0 Å². The molecule has 0 rings (SSSR count). The average Bonchev–Trinajstić information content (AvgIpc) is 2.21. The first-order chi connectivity index (χ1) is 7.04. The van der Waals surface area contributed by atoms with Crippen LogP contribution in [0.3, 0.4) is 0 Å². The van der Waals surface area contributed by atoms with E-state index in [9.17, 15) is 4.57 Å². The van der Waals surface area contributed by atoms with Gasteiger partial charge in [-0.1, -0.05) is 30.6 Å². The van der Waals surface area contributed by atoms with E-state index in [1.54, 1.807) is 0 Å². The van der Waals surface area contributed by atoms with Crippen LogP contribution in [-0.4, -0.2) is 18.4 Å². The fourth-order valence-corrected chi connectivity index (χ4v) is 1.88. The van der Waals surface area contributed by atoms with E-state index in [0.717, 1.165) is 0 Å². The molecule has 0 aromatic heterocycles. The van der Waals surface area contributed by atoms with Gasteiger partial charge in [-0.2, -0.15) is 0 Å². The standard InChI is InChI=1S/C8H17ClNO4P/c1-4-6-12-15(11,13-7-5-2)14-10-8(3)9/h4-7H2,1-3H3. The predicted octanol–water partition coefficient (Wildman–Crippen LogP) is 3.54. The van der Waals surface area contributed by atoms with Crippen LogP contribution < -0.4 is 0 Å². The molecule has 7 heteroatoms. The number of hydrogen-bond acceptors (Lipinski definition) is 5. The van der Waals surface area contributed by atoms with Crippen LogP contribution in [0.4, 0.5) is 0 Å². The Morgan fingerprint density at radius 3 is 2.07 bits per heavy atom. The van der Waals surface area contributed by atoms with Crippen LogP contribution in [0.2, 0.25) is 0 Å². The largest absolute Gasteiger partial charge is 0.550 e. The van der Waals surface area contributed by atoms with Gasteiger partial charge in [0.05, 0.1) is 13.2 Å². The van der Waals surface area contributed by atoms with Gasteiger partial charge in [-0.05, 0) is 19.8 Å². The monoisotopic (exact) mass is 257 g/mol. The van der Waals surface area contributed by atoms with Gasteiger partial charge in [0.25, 0.3) is 0 Å². The Morgan fingerprint density at radius 1 is 1.27 bits per heavy atom. The molecule has 0 unspecified atom stereocenters. The smallest absolute Gasteiger partial charge is 0.291 e. The lowest BCUT2D eigenvalue weighted by atomic mass is 10.5. The van der Waals surface area contributed by atoms with Crippen LogP contribution in [0.15, 0.2) is 5.16 Å². The van der Waals surface area contributed by atoms with Gasteiger partial charge < -0.3 is 0 Å². The number of phosphoric ester groups is 1. The zero-order valence-electron chi connectivity index (χ0n) is 9.23. The quantitative estimate of drug-likeness (QED) is 0.379. The fraction of sp³-hybridized carbons (Fsp3) is 0.875. The highest BCUT2D eigenvalue weighted by Gasteiger charge is 2.27. The summed E-state index contributed by atoms with van der Waals surface area (Å²) in [6.07, 6.45) is 1.43. The summed E-state index contributed by atoms with van der Waals surface area (Å²) in [5.41, 5.74) is 0. The highest BCUT2D eigenvalue weighted by atomic mass is 35.5. The van der Waals surface area contributed by atoms with Crippen molar-refractivity contribution in [3.63, 3.8) is 0 Å². The molecule has 0 aromatic carbocycles. The molecule has 0 aliphatic heterocycles. The second-order valence-electron chi connectivity index (χ2n) is 2.78. The molecule has 0 saturated carbocycles.